The largest absolute Gasteiger partial charge is 0.375 e. The fourth-order valence-electron chi connectivity index (χ4n) is 2.49. The van der Waals surface area contributed by atoms with Gasteiger partial charge in [-0.1, -0.05) is 12.8 Å². The van der Waals surface area contributed by atoms with Crippen LogP contribution in [0.5, 0.6) is 0 Å². The highest BCUT2D eigenvalue weighted by atomic mass is 16.5. The minimum absolute atomic E-state index is 0.297. The van der Waals surface area contributed by atoms with Gasteiger partial charge >= 0.3 is 0 Å². The number of nitrogens with one attached hydrogen (secondary N) is 1. The number of ether oxygens (including phenoxy) is 1. The lowest BCUT2D eigenvalue weighted by molar-refractivity contribution is 0.00396. The molecule has 0 amide bonds. The first-order valence-corrected chi connectivity index (χ1v) is 5.72. The molecule has 0 spiro atoms. The maximum Gasteiger partial charge on any atom is 0.0991 e. The van der Waals surface area contributed by atoms with Crippen LogP contribution in [0.3, 0.4) is 0 Å². The molecule has 1 unspecified atom stereocenters. The van der Waals surface area contributed by atoms with Crippen LogP contribution in [0, 0.1) is 11.3 Å². The molecule has 1 saturated heterocycles. The summed E-state index contributed by atoms with van der Waals surface area (Å²) >= 11 is 0. The van der Waals surface area contributed by atoms with Crippen molar-refractivity contribution < 1.29 is 4.74 Å². The molecule has 14 heavy (non-hydrogen) atoms. The fourth-order valence-corrected chi connectivity index (χ4v) is 2.49. The lowest BCUT2D eigenvalue weighted by Gasteiger charge is -2.35. The molecule has 1 heterocycles. The van der Waals surface area contributed by atoms with E-state index in [0.717, 1.165) is 25.5 Å². The summed E-state index contributed by atoms with van der Waals surface area (Å²) in [6, 6.07) is 0. The van der Waals surface area contributed by atoms with Crippen molar-refractivity contribution in [1.82, 2.24) is 4.90 Å². The highest BCUT2D eigenvalue weighted by molar-refractivity contribution is 5.82. The van der Waals surface area contributed by atoms with Gasteiger partial charge in [-0.25, -0.2) is 0 Å². The quantitative estimate of drug-likeness (QED) is 0.513. The molecule has 2 rings (SSSR count). The van der Waals surface area contributed by atoms with E-state index >= 15 is 0 Å². The second kappa shape index (κ2) is 4.30. The molecule has 1 aliphatic heterocycles. The predicted molar refractivity (Wildman–Crippen MR) is 56.7 cm³/mol. The maximum atomic E-state index is 8.14. The average Bonchev–Trinajstić information content (AvgIpc) is 2.69. The van der Waals surface area contributed by atoms with Gasteiger partial charge in [-0.15, -0.1) is 0 Å². The molecule has 0 aromatic heterocycles. The zero-order valence-electron chi connectivity index (χ0n) is 8.96. The number of morpholine rings is 1. The van der Waals surface area contributed by atoms with E-state index in [1.165, 1.54) is 25.7 Å². The third-order valence-electron chi connectivity index (χ3n) is 3.32. The van der Waals surface area contributed by atoms with Gasteiger partial charge in [0.25, 0.3) is 0 Å². The first-order valence-electron chi connectivity index (χ1n) is 5.72. The van der Waals surface area contributed by atoms with Gasteiger partial charge < -0.3 is 9.64 Å². The standard InChI is InChI=1S/C11H20N2O/c1-9-8-13(6-7-14-9)11(12)10-4-2-3-5-10/h9-10,12H,2-8H2,1H3. The summed E-state index contributed by atoms with van der Waals surface area (Å²) in [6.07, 6.45) is 5.38. The topological polar surface area (TPSA) is 36.3 Å². The van der Waals surface area contributed by atoms with E-state index in [-0.39, 0.29) is 0 Å². The molecular weight excluding hydrogens is 176 g/mol. The van der Waals surface area contributed by atoms with Gasteiger partial charge in [-0.3, -0.25) is 5.41 Å². The van der Waals surface area contributed by atoms with Crippen LogP contribution in [0.1, 0.15) is 32.6 Å². The van der Waals surface area contributed by atoms with E-state index in [4.69, 9.17) is 10.1 Å². The Labute approximate surface area is 85.9 Å². The molecule has 1 aliphatic carbocycles. The summed E-state index contributed by atoms with van der Waals surface area (Å²) in [7, 11) is 0. The predicted octanol–water partition coefficient (Wildman–Crippen LogP) is 1.87. The van der Waals surface area contributed by atoms with Crippen LogP contribution in [-0.4, -0.2) is 36.5 Å². The van der Waals surface area contributed by atoms with Gasteiger partial charge in [0.1, 0.15) is 0 Å². The highest BCUT2D eigenvalue weighted by Crippen LogP contribution is 2.27. The second-order valence-electron chi connectivity index (χ2n) is 4.49. The molecule has 2 fully saturated rings. The van der Waals surface area contributed by atoms with Crippen LogP contribution in [0.2, 0.25) is 0 Å². The van der Waals surface area contributed by atoms with Crippen LogP contribution in [0.15, 0.2) is 0 Å². The van der Waals surface area contributed by atoms with Gasteiger partial charge in [-0.05, 0) is 19.8 Å². The summed E-state index contributed by atoms with van der Waals surface area (Å²) in [5.74, 6) is 1.41. The van der Waals surface area contributed by atoms with Gasteiger partial charge in [0, 0.05) is 19.0 Å². The van der Waals surface area contributed by atoms with Gasteiger partial charge in [-0.2, -0.15) is 0 Å². The lowest BCUT2D eigenvalue weighted by atomic mass is 10.1. The first-order chi connectivity index (χ1) is 6.77. The number of rotatable bonds is 1. The zero-order chi connectivity index (χ0) is 9.97. The number of nitrogens with zero attached hydrogens (tertiary/aromatic N) is 1. The zero-order valence-corrected chi connectivity index (χ0v) is 8.96. The van der Waals surface area contributed by atoms with Crippen molar-refractivity contribution in [2.45, 2.75) is 38.7 Å². The molecule has 0 aromatic carbocycles. The normalized spacial score (nSPS) is 29.5. The summed E-state index contributed by atoms with van der Waals surface area (Å²) in [6.45, 7) is 4.71. The van der Waals surface area contributed by atoms with Crippen molar-refractivity contribution >= 4 is 5.84 Å². The van der Waals surface area contributed by atoms with Crippen molar-refractivity contribution in [2.75, 3.05) is 19.7 Å². The smallest absolute Gasteiger partial charge is 0.0991 e. The minimum Gasteiger partial charge on any atom is -0.375 e. The summed E-state index contributed by atoms with van der Waals surface area (Å²) in [4.78, 5) is 2.21. The molecule has 80 valence electrons. The Morgan fingerprint density at radius 3 is 2.71 bits per heavy atom. The Bertz CT molecular complexity index is 211. The van der Waals surface area contributed by atoms with Crippen molar-refractivity contribution in [2.24, 2.45) is 5.92 Å². The second-order valence-corrected chi connectivity index (χ2v) is 4.49. The molecule has 3 nitrogen and oxygen atoms in total. The third kappa shape index (κ3) is 2.08. The molecule has 0 bridgehead atoms. The van der Waals surface area contributed by atoms with Crippen LogP contribution in [-0.2, 0) is 4.74 Å². The van der Waals surface area contributed by atoms with Gasteiger partial charge in [0.05, 0.1) is 18.5 Å². The molecule has 1 N–H and O–H groups in total. The molecule has 3 heteroatoms. The Morgan fingerprint density at radius 2 is 2.07 bits per heavy atom. The molecule has 1 atom stereocenters. The SMILES string of the molecule is CC1CN(C(=N)C2CCCC2)CCO1. The molecule has 2 aliphatic rings. The monoisotopic (exact) mass is 196 g/mol. The first kappa shape index (κ1) is 9.97. The van der Waals surface area contributed by atoms with E-state index in [0.29, 0.717) is 12.0 Å². The van der Waals surface area contributed by atoms with Crippen LogP contribution < -0.4 is 0 Å². The Kier molecular flexibility index (Phi) is 3.06. The minimum atomic E-state index is 0.297. The van der Waals surface area contributed by atoms with Gasteiger partial charge in [0.2, 0.25) is 0 Å². The van der Waals surface area contributed by atoms with Crippen molar-refractivity contribution in [1.29, 1.82) is 5.41 Å². The third-order valence-corrected chi connectivity index (χ3v) is 3.32. The maximum absolute atomic E-state index is 8.14. The van der Waals surface area contributed by atoms with Crippen LogP contribution in [0.4, 0.5) is 0 Å². The summed E-state index contributed by atoms with van der Waals surface area (Å²) in [5, 5.41) is 8.14. The molecule has 0 radical (unpaired) electrons. The van der Waals surface area contributed by atoms with E-state index < -0.39 is 0 Å². The Balaban J connectivity index is 1.89. The van der Waals surface area contributed by atoms with Crippen LogP contribution >= 0.6 is 0 Å². The number of hydrogen-bond donors (Lipinski definition) is 1. The fraction of sp³-hybridized carbons (Fsp3) is 0.909. The van der Waals surface area contributed by atoms with E-state index in [9.17, 15) is 0 Å². The molecule has 1 saturated carbocycles. The van der Waals surface area contributed by atoms with Gasteiger partial charge in [0.15, 0.2) is 0 Å². The Hall–Kier alpha value is -0.570. The molecular formula is C11H20N2O. The summed E-state index contributed by atoms with van der Waals surface area (Å²) in [5.41, 5.74) is 0. The number of hydrogen-bond acceptors (Lipinski definition) is 2. The van der Waals surface area contributed by atoms with Crippen molar-refractivity contribution in [3.63, 3.8) is 0 Å². The van der Waals surface area contributed by atoms with Crippen molar-refractivity contribution in [3.8, 4) is 0 Å². The Morgan fingerprint density at radius 1 is 1.36 bits per heavy atom. The van der Waals surface area contributed by atoms with E-state index in [1.54, 1.807) is 0 Å². The number of amidine groups is 1. The van der Waals surface area contributed by atoms with E-state index in [2.05, 4.69) is 11.8 Å². The van der Waals surface area contributed by atoms with Crippen molar-refractivity contribution in [3.05, 3.63) is 0 Å². The highest BCUT2D eigenvalue weighted by Gasteiger charge is 2.26. The lowest BCUT2D eigenvalue weighted by Crippen LogP contribution is -2.46. The summed E-state index contributed by atoms with van der Waals surface area (Å²) < 4.78 is 5.48. The van der Waals surface area contributed by atoms with Crippen LogP contribution in [0.25, 0.3) is 0 Å². The van der Waals surface area contributed by atoms with E-state index in [1.807, 2.05) is 0 Å². The average molecular weight is 196 g/mol. The molecule has 0 aromatic rings.